The summed E-state index contributed by atoms with van der Waals surface area (Å²) in [6.07, 6.45) is 3.71. The molecule has 0 aliphatic rings. The highest BCUT2D eigenvalue weighted by Gasteiger charge is 2.07. The summed E-state index contributed by atoms with van der Waals surface area (Å²) >= 11 is 0. The Hall–Kier alpha value is -3.86. The van der Waals surface area contributed by atoms with E-state index in [-0.39, 0.29) is 0 Å². The molecule has 5 nitrogen and oxygen atoms in total. The van der Waals surface area contributed by atoms with Crippen molar-refractivity contribution in [3.63, 3.8) is 0 Å². The highest BCUT2D eigenvalue weighted by molar-refractivity contribution is 5.92. The van der Waals surface area contributed by atoms with E-state index in [1.807, 2.05) is 36.4 Å². The van der Waals surface area contributed by atoms with Gasteiger partial charge in [0.2, 0.25) is 0 Å². The highest BCUT2D eigenvalue weighted by atomic mass is 16.5. The Morgan fingerprint density at radius 2 is 1.86 bits per heavy atom. The first-order chi connectivity index (χ1) is 14.3. The summed E-state index contributed by atoms with van der Waals surface area (Å²) in [5.41, 5.74) is 4.32. The Morgan fingerprint density at radius 1 is 0.931 bits per heavy atom. The second-order valence-corrected chi connectivity index (χ2v) is 6.93. The minimum atomic E-state index is 0.796. The normalized spacial score (nSPS) is 11.1. The van der Waals surface area contributed by atoms with Gasteiger partial charge in [0, 0.05) is 34.7 Å². The van der Waals surface area contributed by atoms with Crippen molar-refractivity contribution < 1.29 is 4.74 Å². The third-order valence-electron chi connectivity index (χ3n) is 5.06. The number of para-hydroxylation sites is 1. The monoisotopic (exact) mass is 380 g/mol. The molecule has 29 heavy (non-hydrogen) atoms. The molecule has 1 N–H and O–H groups in total. The number of nitrogens with zero attached hydrogens (tertiary/aromatic N) is 3. The Balaban J connectivity index is 1.44. The van der Waals surface area contributed by atoms with Crippen LogP contribution < -0.4 is 10.1 Å². The van der Waals surface area contributed by atoms with Crippen LogP contribution in [0.5, 0.6) is 5.75 Å². The minimum Gasteiger partial charge on any atom is -0.497 e. The second kappa shape index (κ2) is 7.28. The van der Waals surface area contributed by atoms with Gasteiger partial charge in [0.1, 0.15) is 17.9 Å². The van der Waals surface area contributed by atoms with Gasteiger partial charge in [-0.25, -0.2) is 9.97 Å². The quantitative estimate of drug-likeness (QED) is 0.444. The molecule has 0 saturated heterocycles. The fraction of sp³-hybridized carbons (Fsp3) is 0.0833. The zero-order valence-electron chi connectivity index (χ0n) is 16.0. The van der Waals surface area contributed by atoms with Crippen molar-refractivity contribution in [3.8, 4) is 5.75 Å². The maximum Gasteiger partial charge on any atom is 0.141 e. The molecular weight excluding hydrogens is 360 g/mol. The Morgan fingerprint density at radius 3 is 2.79 bits per heavy atom. The molecular formula is C24H20N4O. The average molecular weight is 380 g/mol. The third kappa shape index (κ3) is 3.38. The molecule has 2 aromatic heterocycles. The molecule has 3 aromatic carbocycles. The van der Waals surface area contributed by atoms with E-state index in [1.54, 1.807) is 13.4 Å². The van der Waals surface area contributed by atoms with Crippen LogP contribution >= 0.6 is 0 Å². The number of nitrogens with one attached hydrogen (secondary N) is 1. The average Bonchev–Trinajstić information content (AvgIpc) is 3.16. The smallest absolute Gasteiger partial charge is 0.141 e. The summed E-state index contributed by atoms with van der Waals surface area (Å²) in [7, 11) is 1.69. The fourth-order valence-corrected chi connectivity index (χ4v) is 3.62. The molecule has 0 amide bonds. The zero-order valence-corrected chi connectivity index (χ0v) is 16.0. The van der Waals surface area contributed by atoms with E-state index in [4.69, 9.17) is 4.74 Å². The Bertz CT molecular complexity index is 1300. The fourth-order valence-electron chi connectivity index (χ4n) is 3.62. The van der Waals surface area contributed by atoms with Crippen molar-refractivity contribution in [1.82, 2.24) is 14.5 Å². The van der Waals surface area contributed by atoms with Crippen molar-refractivity contribution in [2.75, 3.05) is 12.4 Å². The summed E-state index contributed by atoms with van der Waals surface area (Å²) in [5, 5.41) is 5.62. The van der Waals surface area contributed by atoms with Crippen LogP contribution in [0.3, 0.4) is 0 Å². The molecule has 5 heteroatoms. The number of ether oxygens (including phenoxy) is 1. The molecule has 0 atom stereocenters. The number of benzene rings is 3. The van der Waals surface area contributed by atoms with Crippen LogP contribution in [-0.4, -0.2) is 21.6 Å². The summed E-state index contributed by atoms with van der Waals surface area (Å²) in [6, 6.07) is 24.7. The first kappa shape index (κ1) is 17.3. The molecule has 0 fully saturated rings. The molecule has 0 unspecified atom stereocenters. The molecule has 0 saturated carbocycles. The molecule has 5 aromatic rings. The van der Waals surface area contributed by atoms with Gasteiger partial charge < -0.3 is 14.6 Å². The van der Waals surface area contributed by atoms with Gasteiger partial charge in [0.15, 0.2) is 0 Å². The molecule has 0 bridgehead atoms. The Labute approximate surface area is 168 Å². The third-order valence-corrected chi connectivity index (χ3v) is 5.06. The van der Waals surface area contributed by atoms with Crippen LogP contribution in [-0.2, 0) is 6.54 Å². The van der Waals surface area contributed by atoms with Gasteiger partial charge in [-0.1, -0.05) is 24.3 Å². The maximum absolute atomic E-state index is 5.34. The van der Waals surface area contributed by atoms with Crippen LogP contribution in [0.1, 0.15) is 5.56 Å². The van der Waals surface area contributed by atoms with E-state index in [0.29, 0.717) is 0 Å². The molecule has 2 heterocycles. The number of methoxy groups -OCH3 is 1. The predicted octanol–water partition coefficient (Wildman–Crippen LogP) is 5.39. The first-order valence-electron chi connectivity index (χ1n) is 9.49. The van der Waals surface area contributed by atoms with E-state index in [1.165, 1.54) is 16.5 Å². The highest BCUT2D eigenvalue weighted by Crippen LogP contribution is 2.26. The largest absolute Gasteiger partial charge is 0.497 e. The topological polar surface area (TPSA) is 52.0 Å². The van der Waals surface area contributed by atoms with Crippen molar-refractivity contribution in [2.45, 2.75) is 6.54 Å². The van der Waals surface area contributed by atoms with Crippen LogP contribution in [0, 0.1) is 0 Å². The number of rotatable bonds is 5. The predicted molar refractivity (Wildman–Crippen MR) is 117 cm³/mol. The SMILES string of the molecule is COc1cccc(Cn2ccc3cc(Nc4ncnc5ccccc45)ccc32)c1. The lowest BCUT2D eigenvalue weighted by molar-refractivity contribution is 0.414. The van der Waals surface area contributed by atoms with Crippen LogP contribution in [0.15, 0.2) is 85.3 Å². The van der Waals surface area contributed by atoms with Gasteiger partial charge in [-0.15, -0.1) is 0 Å². The number of anilines is 2. The molecule has 142 valence electrons. The van der Waals surface area contributed by atoms with Crippen molar-refractivity contribution >= 4 is 33.3 Å². The lowest BCUT2D eigenvalue weighted by Crippen LogP contribution is -1.99. The summed E-state index contributed by atoms with van der Waals surface area (Å²) in [5.74, 6) is 1.69. The second-order valence-electron chi connectivity index (χ2n) is 6.93. The van der Waals surface area contributed by atoms with Gasteiger partial charge in [-0.05, 0) is 54.1 Å². The molecule has 0 spiro atoms. The molecule has 0 radical (unpaired) electrons. The summed E-state index contributed by atoms with van der Waals surface area (Å²) in [4.78, 5) is 8.75. The van der Waals surface area contributed by atoms with Gasteiger partial charge in [-0.3, -0.25) is 0 Å². The summed E-state index contributed by atoms with van der Waals surface area (Å²) in [6.45, 7) is 0.796. The van der Waals surface area contributed by atoms with Crippen molar-refractivity contribution in [2.24, 2.45) is 0 Å². The zero-order chi connectivity index (χ0) is 19.6. The summed E-state index contributed by atoms with van der Waals surface area (Å²) < 4.78 is 7.58. The van der Waals surface area contributed by atoms with E-state index < -0.39 is 0 Å². The standard InChI is InChI=1S/C24H20N4O/c1-29-20-6-4-5-17(13-20)15-28-12-11-18-14-19(9-10-23(18)28)27-24-21-7-2-3-8-22(21)25-16-26-24/h2-14,16H,15H2,1H3,(H,25,26,27). The van der Waals surface area contributed by atoms with Crippen LogP contribution in [0.4, 0.5) is 11.5 Å². The Kier molecular flexibility index (Phi) is 4.33. The lowest BCUT2D eigenvalue weighted by Gasteiger charge is -2.10. The van der Waals surface area contributed by atoms with E-state index in [9.17, 15) is 0 Å². The van der Waals surface area contributed by atoms with E-state index >= 15 is 0 Å². The number of hydrogen-bond donors (Lipinski definition) is 1. The van der Waals surface area contributed by atoms with Gasteiger partial charge in [0.25, 0.3) is 0 Å². The van der Waals surface area contributed by atoms with Crippen molar-refractivity contribution in [1.29, 1.82) is 0 Å². The maximum atomic E-state index is 5.34. The van der Waals surface area contributed by atoms with E-state index in [0.717, 1.165) is 34.7 Å². The number of hydrogen-bond acceptors (Lipinski definition) is 4. The van der Waals surface area contributed by atoms with Gasteiger partial charge in [-0.2, -0.15) is 0 Å². The minimum absolute atomic E-state index is 0.796. The molecule has 0 aliphatic carbocycles. The van der Waals surface area contributed by atoms with Gasteiger partial charge in [0.05, 0.1) is 12.6 Å². The lowest BCUT2D eigenvalue weighted by atomic mass is 10.2. The molecule has 0 aliphatic heterocycles. The van der Waals surface area contributed by atoms with Crippen LogP contribution in [0.25, 0.3) is 21.8 Å². The number of fused-ring (bicyclic) bond motifs is 2. The van der Waals surface area contributed by atoms with Gasteiger partial charge >= 0.3 is 0 Å². The van der Waals surface area contributed by atoms with E-state index in [2.05, 4.69) is 62.4 Å². The van der Waals surface area contributed by atoms with Crippen molar-refractivity contribution in [3.05, 3.63) is 90.9 Å². The number of aromatic nitrogens is 3. The van der Waals surface area contributed by atoms with Crippen LogP contribution in [0.2, 0.25) is 0 Å². The molecule has 5 rings (SSSR count). The first-order valence-corrected chi connectivity index (χ1v) is 9.49.